The first-order valence-corrected chi connectivity index (χ1v) is 8.17. The van der Waals surface area contributed by atoms with Crippen LogP contribution in [0.4, 0.5) is 10.1 Å². The Morgan fingerprint density at radius 3 is 2.83 bits per heavy atom. The van der Waals surface area contributed by atoms with Gasteiger partial charge in [0.05, 0.1) is 5.39 Å². The molecular formula is C17H16FN3O2S. The summed E-state index contributed by atoms with van der Waals surface area (Å²) < 4.78 is 19.1. The Morgan fingerprint density at radius 2 is 2.08 bits per heavy atom. The molecule has 0 fully saturated rings. The van der Waals surface area contributed by atoms with E-state index >= 15 is 0 Å². The van der Waals surface area contributed by atoms with Crippen molar-refractivity contribution in [2.75, 3.05) is 11.9 Å². The van der Waals surface area contributed by atoms with E-state index < -0.39 is 0 Å². The van der Waals surface area contributed by atoms with Crippen LogP contribution in [0.15, 0.2) is 24.5 Å². The van der Waals surface area contributed by atoms with Gasteiger partial charge in [-0.2, -0.15) is 0 Å². The first-order chi connectivity index (χ1) is 11.5. The van der Waals surface area contributed by atoms with Crippen LogP contribution in [0.25, 0.3) is 10.2 Å². The second kappa shape index (κ2) is 6.52. The Morgan fingerprint density at radius 1 is 1.29 bits per heavy atom. The first kappa shape index (κ1) is 16.3. The Kier molecular flexibility index (Phi) is 4.44. The van der Waals surface area contributed by atoms with Gasteiger partial charge >= 0.3 is 0 Å². The molecule has 2 aromatic heterocycles. The molecule has 0 bridgehead atoms. The van der Waals surface area contributed by atoms with E-state index in [9.17, 15) is 9.18 Å². The minimum atomic E-state index is -0.380. The average molecular weight is 345 g/mol. The maximum Gasteiger partial charge on any atom is 0.262 e. The lowest BCUT2D eigenvalue weighted by Gasteiger charge is -2.08. The normalized spacial score (nSPS) is 10.8. The second-order valence-electron chi connectivity index (χ2n) is 5.44. The third-order valence-electron chi connectivity index (χ3n) is 3.73. The molecule has 3 aromatic rings. The van der Waals surface area contributed by atoms with Crippen molar-refractivity contribution in [1.29, 1.82) is 0 Å². The topological polar surface area (TPSA) is 64.1 Å². The zero-order chi connectivity index (χ0) is 17.3. The summed E-state index contributed by atoms with van der Waals surface area (Å²) in [5.74, 6) is -0.364. The molecule has 0 spiro atoms. The Balaban J connectivity index is 1.71. The van der Waals surface area contributed by atoms with Gasteiger partial charge in [-0.3, -0.25) is 4.79 Å². The van der Waals surface area contributed by atoms with Gasteiger partial charge in [0.2, 0.25) is 5.88 Å². The number of nitrogens with zero attached hydrogens (tertiary/aromatic N) is 2. The van der Waals surface area contributed by atoms with Crippen molar-refractivity contribution in [3.8, 4) is 5.88 Å². The molecular weight excluding hydrogens is 329 g/mol. The lowest BCUT2D eigenvalue weighted by atomic mass is 10.2. The molecule has 1 aromatic carbocycles. The number of amides is 1. The zero-order valence-corrected chi connectivity index (χ0v) is 14.3. The fraction of sp³-hybridized carbons (Fsp3) is 0.235. The number of anilines is 1. The third-order valence-corrected chi connectivity index (χ3v) is 4.84. The van der Waals surface area contributed by atoms with Gasteiger partial charge in [-0.15, -0.1) is 11.3 Å². The first-order valence-electron chi connectivity index (χ1n) is 7.35. The van der Waals surface area contributed by atoms with Gasteiger partial charge in [0.1, 0.15) is 17.0 Å². The molecule has 1 amide bonds. The van der Waals surface area contributed by atoms with Crippen molar-refractivity contribution < 1.29 is 13.9 Å². The molecule has 0 aliphatic rings. The maximum absolute atomic E-state index is 13.5. The van der Waals surface area contributed by atoms with Crippen molar-refractivity contribution in [3.05, 3.63) is 46.3 Å². The van der Waals surface area contributed by atoms with Crippen LogP contribution in [0.2, 0.25) is 0 Å². The van der Waals surface area contributed by atoms with E-state index in [0.29, 0.717) is 17.1 Å². The average Bonchev–Trinajstić information content (AvgIpc) is 2.84. The highest BCUT2D eigenvalue weighted by Crippen LogP contribution is 2.33. The van der Waals surface area contributed by atoms with Gasteiger partial charge in [0, 0.05) is 10.6 Å². The molecule has 0 unspecified atom stereocenters. The van der Waals surface area contributed by atoms with Gasteiger partial charge in [-0.05, 0) is 44.0 Å². The Hall–Kier alpha value is -2.54. The van der Waals surface area contributed by atoms with E-state index in [4.69, 9.17) is 4.74 Å². The smallest absolute Gasteiger partial charge is 0.262 e. The minimum absolute atomic E-state index is 0.212. The molecule has 0 saturated heterocycles. The van der Waals surface area contributed by atoms with Gasteiger partial charge in [-0.25, -0.2) is 14.4 Å². The highest BCUT2D eigenvalue weighted by atomic mass is 32.1. The molecule has 7 heteroatoms. The van der Waals surface area contributed by atoms with E-state index in [-0.39, 0.29) is 18.3 Å². The number of rotatable bonds is 4. The predicted molar refractivity (Wildman–Crippen MR) is 92.2 cm³/mol. The largest absolute Gasteiger partial charge is 0.467 e. The Labute approximate surface area is 142 Å². The summed E-state index contributed by atoms with van der Waals surface area (Å²) in [6.45, 7) is 5.43. The summed E-state index contributed by atoms with van der Waals surface area (Å²) >= 11 is 1.56. The molecule has 0 saturated carbocycles. The fourth-order valence-corrected chi connectivity index (χ4v) is 3.25. The Bertz CT molecular complexity index is 924. The standard InChI is InChI=1S/C17H16FN3O2S/c1-9-4-5-12(6-13(9)18)21-14(22)7-23-16-15-10(2)11(3)24-17(15)20-8-19-16/h4-6,8H,7H2,1-3H3,(H,21,22). The van der Waals surface area contributed by atoms with Crippen molar-refractivity contribution in [3.63, 3.8) is 0 Å². The van der Waals surface area contributed by atoms with Crippen LogP contribution in [-0.4, -0.2) is 22.5 Å². The van der Waals surface area contributed by atoms with Gasteiger partial charge in [-0.1, -0.05) is 6.07 Å². The van der Waals surface area contributed by atoms with E-state index in [0.717, 1.165) is 20.7 Å². The van der Waals surface area contributed by atoms with Crippen LogP contribution in [0.3, 0.4) is 0 Å². The summed E-state index contributed by atoms with van der Waals surface area (Å²) in [5.41, 5.74) is 1.96. The zero-order valence-electron chi connectivity index (χ0n) is 13.5. The molecule has 24 heavy (non-hydrogen) atoms. The molecule has 0 radical (unpaired) electrons. The van der Waals surface area contributed by atoms with E-state index in [1.165, 1.54) is 12.4 Å². The number of benzene rings is 1. The number of thiophene rings is 1. The van der Waals surface area contributed by atoms with E-state index in [2.05, 4.69) is 15.3 Å². The van der Waals surface area contributed by atoms with Crippen molar-refractivity contribution >= 4 is 33.1 Å². The van der Waals surface area contributed by atoms with E-state index in [1.54, 1.807) is 30.4 Å². The summed E-state index contributed by atoms with van der Waals surface area (Å²) in [6, 6.07) is 4.53. The molecule has 3 rings (SSSR count). The SMILES string of the molecule is Cc1ccc(NC(=O)COc2ncnc3sc(C)c(C)c23)cc1F. The van der Waals surface area contributed by atoms with Crippen molar-refractivity contribution in [2.45, 2.75) is 20.8 Å². The van der Waals surface area contributed by atoms with Gasteiger partial charge < -0.3 is 10.1 Å². The quantitative estimate of drug-likeness (QED) is 0.782. The van der Waals surface area contributed by atoms with Crippen LogP contribution in [-0.2, 0) is 4.79 Å². The number of halogens is 1. The summed E-state index contributed by atoms with van der Waals surface area (Å²) in [7, 11) is 0. The van der Waals surface area contributed by atoms with Crippen LogP contribution in [0.5, 0.6) is 5.88 Å². The third kappa shape index (κ3) is 3.21. The fourth-order valence-electron chi connectivity index (χ4n) is 2.26. The van der Waals surface area contributed by atoms with Gasteiger partial charge in [0.25, 0.3) is 5.91 Å². The number of ether oxygens (including phenoxy) is 1. The maximum atomic E-state index is 13.5. The number of carbonyl (C=O) groups is 1. The second-order valence-corrected chi connectivity index (χ2v) is 6.65. The number of carbonyl (C=O) groups excluding carboxylic acids is 1. The number of hydrogen-bond acceptors (Lipinski definition) is 5. The molecule has 0 atom stereocenters. The molecule has 0 aliphatic heterocycles. The molecule has 124 valence electrons. The van der Waals surface area contributed by atoms with Crippen molar-refractivity contribution in [2.24, 2.45) is 0 Å². The number of fused-ring (bicyclic) bond motifs is 1. The lowest BCUT2D eigenvalue weighted by molar-refractivity contribution is -0.118. The lowest BCUT2D eigenvalue weighted by Crippen LogP contribution is -2.20. The highest BCUT2D eigenvalue weighted by Gasteiger charge is 2.14. The highest BCUT2D eigenvalue weighted by molar-refractivity contribution is 7.18. The molecule has 5 nitrogen and oxygen atoms in total. The monoisotopic (exact) mass is 345 g/mol. The van der Waals surface area contributed by atoms with Gasteiger partial charge in [0.15, 0.2) is 6.61 Å². The summed E-state index contributed by atoms with van der Waals surface area (Å²) in [6.07, 6.45) is 1.42. The molecule has 1 N–H and O–H groups in total. The number of nitrogens with one attached hydrogen (secondary N) is 1. The minimum Gasteiger partial charge on any atom is -0.467 e. The summed E-state index contributed by atoms with van der Waals surface area (Å²) in [5, 5.41) is 3.43. The summed E-state index contributed by atoms with van der Waals surface area (Å²) in [4.78, 5) is 22.3. The molecule has 2 heterocycles. The van der Waals surface area contributed by atoms with E-state index in [1.807, 2.05) is 13.8 Å². The number of hydrogen-bond donors (Lipinski definition) is 1. The van der Waals surface area contributed by atoms with Crippen LogP contribution < -0.4 is 10.1 Å². The molecule has 0 aliphatic carbocycles. The number of aromatic nitrogens is 2. The van der Waals surface area contributed by atoms with Crippen molar-refractivity contribution in [1.82, 2.24) is 9.97 Å². The predicted octanol–water partition coefficient (Wildman–Crippen LogP) is 3.77. The number of aryl methyl sites for hydroxylation is 3. The van der Waals surface area contributed by atoms with Crippen LogP contribution in [0, 0.1) is 26.6 Å². The van der Waals surface area contributed by atoms with Crippen LogP contribution >= 0.6 is 11.3 Å². The van der Waals surface area contributed by atoms with Crippen LogP contribution in [0.1, 0.15) is 16.0 Å².